The Morgan fingerprint density at radius 3 is 1.06 bits per heavy atom. The maximum absolute atomic E-state index is 13.2. The van der Waals surface area contributed by atoms with Gasteiger partial charge in [-0.2, -0.15) is 0 Å². The number of nitrogens with two attached hydrogens (primary N) is 1. The fourth-order valence-corrected chi connectivity index (χ4v) is 10.1. The molecule has 2 aliphatic rings. The number of rotatable bonds is 14. The summed E-state index contributed by atoms with van der Waals surface area (Å²) < 4.78 is 0. The molecule has 0 radical (unpaired) electrons. The van der Waals surface area contributed by atoms with Crippen molar-refractivity contribution < 1.29 is 19.8 Å². The largest absolute Gasteiger partial charge is 0.385 e. The maximum atomic E-state index is 13.2. The molecule has 2 fully saturated rings. The maximum Gasteiger partial charge on any atom is 0.232 e. The van der Waals surface area contributed by atoms with Crippen LogP contribution in [-0.4, -0.2) is 71.0 Å². The Kier molecular flexibility index (Phi) is 15.2. The standard InChI is InChI=1S/C28H30ClNO2.C27H29ClN2O2/c1-22(31)28(24-8-4-2-5-9-24,25-10-6-3-7-11-25)18-21-30-19-16-27(32,17-20-30)23-12-14-26(29)15-13-23;28-24-13-11-21(12-14-24)26(32)15-18-30(19-16-26)20-17-27(25(29)31,22-7-3-1-4-8-22)23-9-5-2-6-10-23/h2-15,32H,16-21H2,1H3;1-14,32H,15-20H2,(H2,29,31). The highest BCUT2D eigenvalue weighted by Crippen LogP contribution is 2.40. The summed E-state index contributed by atoms with van der Waals surface area (Å²) in [5.41, 5.74) is 8.56. The molecule has 2 aliphatic heterocycles. The number of hydrogen-bond donors (Lipinski definition) is 3. The molecule has 4 N–H and O–H groups in total. The number of piperidine rings is 2. The van der Waals surface area contributed by atoms with E-state index in [4.69, 9.17) is 28.9 Å². The van der Waals surface area contributed by atoms with Gasteiger partial charge >= 0.3 is 0 Å². The number of amides is 1. The van der Waals surface area contributed by atoms with Gasteiger partial charge in [-0.1, -0.05) is 169 Å². The lowest BCUT2D eigenvalue weighted by Gasteiger charge is -2.40. The van der Waals surface area contributed by atoms with Crippen LogP contribution in [0.2, 0.25) is 10.0 Å². The molecule has 1 amide bonds. The predicted octanol–water partition coefficient (Wildman–Crippen LogP) is 10.1. The fourth-order valence-electron chi connectivity index (χ4n) is 9.83. The first kappa shape index (κ1) is 46.9. The monoisotopic (exact) mass is 895 g/mol. The number of primary amides is 1. The van der Waals surface area contributed by atoms with Crippen molar-refractivity contribution in [2.24, 2.45) is 5.73 Å². The summed E-state index contributed by atoms with van der Waals surface area (Å²) in [5.74, 6) is -0.186. The summed E-state index contributed by atoms with van der Waals surface area (Å²) in [6, 6.07) is 54.8. The molecule has 64 heavy (non-hydrogen) atoms. The van der Waals surface area contributed by atoms with Gasteiger partial charge in [0.2, 0.25) is 5.91 Å². The predicted molar refractivity (Wildman–Crippen MR) is 258 cm³/mol. The van der Waals surface area contributed by atoms with Crippen LogP contribution in [-0.2, 0) is 31.6 Å². The van der Waals surface area contributed by atoms with Crippen LogP contribution in [0.15, 0.2) is 170 Å². The molecule has 0 bridgehead atoms. The number of carbonyl (C=O) groups excluding carboxylic acids is 2. The van der Waals surface area contributed by atoms with Crippen molar-refractivity contribution in [1.29, 1.82) is 0 Å². The third kappa shape index (κ3) is 10.4. The minimum absolute atomic E-state index is 0.157. The highest BCUT2D eigenvalue weighted by Gasteiger charge is 2.43. The van der Waals surface area contributed by atoms with Crippen molar-refractivity contribution in [2.75, 3.05) is 39.3 Å². The summed E-state index contributed by atoms with van der Waals surface area (Å²) in [4.78, 5) is 30.8. The second-order valence-electron chi connectivity index (χ2n) is 17.5. The zero-order valence-corrected chi connectivity index (χ0v) is 38.1. The van der Waals surface area contributed by atoms with E-state index in [0.717, 1.165) is 66.1 Å². The van der Waals surface area contributed by atoms with Crippen molar-refractivity contribution in [1.82, 2.24) is 9.80 Å². The van der Waals surface area contributed by atoms with E-state index in [1.165, 1.54) is 0 Å². The van der Waals surface area contributed by atoms with Crippen molar-refractivity contribution in [3.05, 3.63) is 213 Å². The van der Waals surface area contributed by atoms with Gasteiger partial charge in [0.25, 0.3) is 0 Å². The number of Topliss-reactive ketones (excluding diaryl/α,β-unsaturated/α-hetero) is 1. The van der Waals surface area contributed by atoms with Crippen LogP contribution >= 0.6 is 23.2 Å². The van der Waals surface area contributed by atoms with E-state index in [1.807, 2.05) is 146 Å². The number of aliphatic hydroxyl groups is 2. The molecule has 0 atom stereocenters. The van der Waals surface area contributed by atoms with Crippen LogP contribution in [0.1, 0.15) is 78.8 Å². The molecule has 0 saturated carbocycles. The van der Waals surface area contributed by atoms with Crippen LogP contribution < -0.4 is 5.73 Å². The Bertz CT molecular complexity index is 2150. The Hall–Kier alpha value is -5.12. The first-order valence-electron chi connectivity index (χ1n) is 22.3. The van der Waals surface area contributed by atoms with Crippen molar-refractivity contribution >= 4 is 34.9 Å². The molecule has 9 heteroatoms. The molecular weight excluding hydrogens is 838 g/mol. The second kappa shape index (κ2) is 20.8. The van der Waals surface area contributed by atoms with Crippen molar-refractivity contribution in [3.63, 3.8) is 0 Å². The number of benzene rings is 6. The molecule has 0 spiro atoms. The van der Waals surface area contributed by atoms with Gasteiger partial charge in [-0.3, -0.25) is 9.59 Å². The van der Waals surface area contributed by atoms with Gasteiger partial charge in [0, 0.05) is 36.2 Å². The molecule has 0 unspecified atom stereocenters. The zero-order valence-electron chi connectivity index (χ0n) is 36.6. The third-order valence-corrected chi connectivity index (χ3v) is 14.3. The van der Waals surface area contributed by atoms with Gasteiger partial charge < -0.3 is 25.7 Å². The summed E-state index contributed by atoms with van der Waals surface area (Å²) in [7, 11) is 0. The minimum Gasteiger partial charge on any atom is -0.385 e. The average molecular weight is 897 g/mol. The van der Waals surface area contributed by atoms with Gasteiger partial charge in [-0.05, 0) is 116 Å². The topological polar surface area (TPSA) is 107 Å². The highest BCUT2D eigenvalue weighted by atomic mass is 35.5. The lowest BCUT2D eigenvalue weighted by molar-refractivity contribution is -0.123. The fraction of sp³-hybridized carbons (Fsp3) is 0.309. The lowest BCUT2D eigenvalue weighted by Crippen LogP contribution is -2.47. The van der Waals surface area contributed by atoms with Crippen LogP contribution in [0.25, 0.3) is 0 Å². The van der Waals surface area contributed by atoms with Crippen LogP contribution in [0.5, 0.6) is 0 Å². The first-order valence-corrected chi connectivity index (χ1v) is 23.1. The smallest absolute Gasteiger partial charge is 0.232 e. The van der Waals surface area contributed by atoms with Gasteiger partial charge in [-0.25, -0.2) is 0 Å². The number of nitrogens with zero attached hydrogens (tertiary/aromatic N) is 2. The summed E-state index contributed by atoms with van der Waals surface area (Å²) >= 11 is 12.0. The Morgan fingerprint density at radius 2 is 0.781 bits per heavy atom. The Balaban J connectivity index is 0.000000191. The molecule has 7 nitrogen and oxygen atoms in total. The number of likely N-dealkylation sites (tertiary alicyclic amines) is 2. The quantitative estimate of drug-likeness (QED) is 0.101. The van der Waals surface area contributed by atoms with E-state index in [9.17, 15) is 19.8 Å². The van der Waals surface area contributed by atoms with Gasteiger partial charge in [0.05, 0.1) is 22.0 Å². The van der Waals surface area contributed by atoms with E-state index in [-0.39, 0.29) is 11.7 Å². The normalized spacial score (nSPS) is 16.6. The van der Waals surface area contributed by atoms with Crippen molar-refractivity contribution in [3.8, 4) is 0 Å². The molecule has 6 aromatic carbocycles. The second-order valence-corrected chi connectivity index (χ2v) is 18.3. The van der Waals surface area contributed by atoms with Crippen LogP contribution in [0.4, 0.5) is 0 Å². The number of carbonyl (C=O) groups is 2. The van der Waals surface area contributed by atoms with E-state index in [0.29, 0.717) is 55.1 Å². The number of ketones is 1. The van der Waals surface area contributed by atoms with E-state index in [2.05, 4.69) is 34.1 Å². The third-order valence-electron chi connectivity index (χ3n) is 13.8. The molecule has 2 heterocycles. The Morgan fingerprint density at radius 1 is 0.500 bits per heavy atom. The molecule has 0 aliphatic carbocycles. The molecule has 8 rings (SSSR count). The summed E-state index contributed by atoms with van der Waals surface area (Å²) in [5, 5.41) is 23.7. The van der Waals surface area contributed by atoms with Gasteiger partial charge in [0.15, 0.2) is 0 Å². The minimum atomic E-state index is -0.896. The molecule has 6 aromatic rings. The van der Waals surface area contributed by atoms with Gasteiger partial charge in [-0.15, -0.1) is 0 Å². The van der Waals surface area contributed by atoms with E-state index < -0.39 is 22.0 Å². The van der Waals surface area contributed by atoms with Gasteiger partial charge in [0.1, 0.15) is 5.78 Å². The van der Waals surface area contributed by atoms with Crippen LogP contribution in [0.3, 0.4) is 0 Å². The molecule has 0 aromatic heterocycles. The first-order chi connectivity index (χ1) is 30.9. The van der Waals surface area contributed by atoms with Crippen molar-refractivity contribution in [2.45, 2.75) is 67.5 Å². The van der Waals surface area contributed by atoms with E-state index in [1.54, 1.807) is 6.92 Å². The Labute approximate surface area is 388 Å². The lowest BCUT2D eigenvalue weighted by atomic mass is 9.69. The molecule has 332 valence electrons. The SMILES string of the molecule is CC(=O)C(CCN1CCC(O)(c2ccc(Cl)cc2)CC1)(c1ccccc1)c1ccccc1.NC(=O)C(CCN1CCC(O)(c2ccc(Cl)cc2)CC1)(c1ccccc1)c1ccccc1. The van der Waals surface area contributed by atoms with E-state index >= 15 is 0 Å². The average Bonchev–Trinajstić information content (AvgIpc) is 3.32. The summed E-state index contributed by atoms with van der Waals surface area (Å²) in [6.07, 6.45) is 3.88. The zero-order chi connectivity index (χ0) is 45.2. The van der Waals surface area contributed by atoms with Crippen LogP contribution in [0, 0.1) is 0 Å². The summed E-state index contributed by atoms with van der Waals surface area (Å²) in [6.45, 7) is 6.28. The number of hydrogen-bond acceptors (Lipinski definition) is 6. The highest BCUT2D eigenvalue weighted by molar-refractivity contribution is 6.30. The number of halogens is 2. The molecular formula is C55H59Cl2N3O4. The molecule has 2 saturated heterocycles.